The molecule has 0 aromatic heterocycles. The number of hydrogen-bond acceptors (Lipinski definition) is 0. The van der Waals surface area contributed by atoms with Gasteiger partial charge in [0.05, 0.1) is 0 Å². The Bertz CT molecular complexity index is 190. The molecule has 0 N–H and O–H groups in total. The first kappa shape index (κ1) is 19.7. The summed E-state index contributed by atoms with van der Waals surface area (Å²) in [6.07, 6.45) is 3.56. The van der Waals surface area contributed by atoms with Crippen molar-refractivity contribution in [3.05, 3.63) is 35.4 Å². The molecule has 0 saturated heterocycles. The molecule has 0 unspecified atom stereocenters. The second kappa shape index (κ2) is 13.2. The molecule has 1 rings (SSSR count). The second-order valence-electron chi connectivity index (χ2n) is 3.18. The number of benzene rings is 1. The van der Waals surface area contributed by atoms with Crippen molar-refractivity contribution in [2.75, 3.05) is 0 Å². The zero-order chi connectivity index (χ0) is 10.1. The Hall–Kier alpha value is -0.780. The summed E-state index contributed by atoms with van der Waals surface area (Å²) in [7, 11) is 0. The Morgan fingerprint density at radius 1 is 0.733 bits per heavy atom. The van der Waals surface area contributed by atoms with Gasteiger partial charge in [-0.2, -0.15) is 0 Å². The lowest BCUT2D eigenvalue weighted by molar-refractivity contribution is 1.04. The van der Waals surface area contributed by atoms with Gasteiger partial charge in [-0.1, -0.05) is 73.2 Å². The molecule has 0 bridgehead atoms. The van der Waals surface area contributed by atoms with Crippen molar-refractivity contribution in [1.82, 2.24) is 0 Å². The zero-order valence-corrected chi connectivity index (χ0v) is 9.43. The van der Waals surface area contributed by atoms with E-state index >= 15 is 0 Å². The highest BCUT2D eigenvalue weighted by molar-refractivity contribution is 5.26. The lowest BCUT2D eigenvalue weighted by Crippen LogP contribution is -1.88. The van der Waals surface area contributed by atoms with Crippen molar-refractivity contribution in [3.8, 4) is 0 Å². The van der Waals surface area contributed by atoms with Crippen LogP contribution in [0.5, 0.6) is 0 Å². The minimum absolute atomic E-state index is 0. The minimum Gasteiger partial charge on any atom is -0.0776 e. The van der Waals surface area contributed by atoms with Crippen molar-refractivity contribution in [2.45, 2.75) is 61.8 Å². The van der Waals surface area contributed by atoms with E-state index in [2.05, 4.69) is 52.0 Å². The van der Waals surface area contributed by atoms with Gasteiger partial charge in [0.1, 0.15) is 0 Å². The van der Waals surface area contributed by atoms with Gasteiger partial charge in [0.15, 0.2) is 0 Å². The SMILES string of the molecule is C.C.CCC.CCc1ccccc1CC. The van der Waals surface area contributed by atoms with Crippen LogP contribution in [0.1, 0.15) is 60.1 Å². The molecule has 0 aliphatic rings. The van der Waals surface area contributed by atoms with E-state index in [0.717, 1.165) is 12.8 Å². The topological polar surface area (TPSA) is 0 Å². The predicted octanol–water partition coefficient (Wildman–Crippen LogP) is 5.50. The quantitative estimate of drug-likeness (QED) is 0.604. The van der Waals surface area contributed by atoms with Crippen LogP contribution in [0.15, 0.2) is 24.3 Å². The van der Waals surface area contributed by atoms with E-state index in [-0.39, 0.29) is 14.9 Å². The fourth-order valence-electron chi connectivity index (χ4n) is 1.25. The Morgan fingerprint density at radius 3 is 1.20 bits per heavy atom. The maximum absolute atomic E-state index is 2.21. The summed E-state index contributed by atoms with van der Waals surface area (Å²) < 4.78 is 0. The summed E-state index contributed by atoms with van der Waals surface area (Å²) in [5, 5.41) is 0. The van der Waals surface area contributed by atoms with Crippen molar-refractivity contribution >= 4 is 0 Å². The maximum atomic E-state index is 2.21. The van der Waals surface area contributed by atoms with E-state index in [9.17, 15) is 0 Å². The predicted molar refractivity (Wildman–Crippen MR) is 74.6 cm³/mol. The summed E-state index contributed by atoms with van der Waals surface area (Å²) in [6, 6.07) is 8.63. The van der Waals surface area contributed by atoms with Crippen LogP contribution < -0.4 is 0 Å². The lowest BCUT2D eigenvalue weighted by Gasteiger charge is -2.02. The summed E-state index contributed by atoms with van der Waals surface area (Å²) >= 11 is 0. The summed E-state index contributed by atoms with van der Waals surface area (Å²) in [5.41, 5.74) is 2.98. The molecule has 0 nitrogen and oxygen atoms in total. The Balaban J connectivity index is -0.000000260. The van der Waals surface area contributed by atoms with E-state index in [1.807, 2.05) is 0 Å². The minimum atomic E-state index is 0. The van der Waals surface area contributed by atoms with Gasteiger partial charge in [0, 0.05) is 0 Å². The Kier molecular flexibility index (Phi) is 17.4. The zero-order valence-electron chi connectivity index (χ0n) is 9.43. The first-order valence-corrected chi connectivity index (χ1v) is 5.36. The van der Waals surface area contributed by atoms with Gasteiger partial charge in [0.25, 0.3) is 0 Å². The van der Waals surface area contributed by atoms with Crippen LogP contribution in [-0.2, 0) is 12.8 Å². The third kappa shape index (κ3) is 8.23. The smallest absolute Gasteiger partial charge is 0.0305 e. The molecule has 0 radical (unpaired) electrons. The van der Waals surface area contributed by atoms with Crippen LogP contribution in [-0.4, -0.2) is 0 Å². The third-order valence-corrected chi connectivity index (χ3v) is 1.88. The summed E-state index contributed by atoms with van der Waals surface area (Å²) in [6.45, 7) is 8.66. The fraction of sp³-hybridized carbons (Fsp3) is 0.600. The Morgan fingerprint density at radius 2 is 1.00 bits per heavy atom. The molecule has 0 heterocycles. The van der Waals surface area contributed by atoms with Crippen molar-refractivity contribution < 1.29 is 0 Å². The van der Waals surface area contributed by atoms with Crippen LogP contribution in [0, 0.1) is 0 Å². The van der Waals surface area contributed by atoms with Gasteiger partial charge in [0.2, 0.25) is 0 Å². The molecular formula is C15H30. The Labute approximate surface area is 97.7 Å². The molecular weight excluding hydrogens is 180 g/mol. The average Bonchev–Trinajstić information content (AvgIpc) is 2.19. The van der Waals surface area contributed by atoms with Crippen molar-refractivity contribution in [3.63, 3.8) is 0 Å². The molecule has 90 valence electrons. The number of hydrogen-bond donors (Lipinski definition) is 0. The van der Waals surface area contributed by atoms with Gasteiger partial charge in [-0.25, -0.2) is 0 Å². The molecule has 1 aromatic carbocycles. The molecule has 0 spiro atoms. The molecule has 0 heteroatoms. The van der Waals surface area contributed by atoms with E-state index in [0.29, 0.717) is 0 Å². The van der Waals surface area contributed by atoms with Crippen LogP contribution in [0.3, 0.4) is 0 Å². The molecule has 0 aliphatic heterocycles. The standard InChI is InChI=1S/C10H14.C3H8.2CH4/c1-3-9-7-5-6-8-10(9)4-2;1-3-2;;/h5-8H,3-4H2,1-2H3;3H2,1-2H3;2*1H4. The normalized spacial score (nSPS) is 7.73. The number of rotatable bonds is 2. The van der Waals surface area contributed by atoms with E-state index in [1.54, 1.807) is 0 Å². The maximum Gasteiger partial charge on any atom is -0.0305 e. The van der Waals surface area contributed by atoms with Crippen LogP contribution in [0.25, 0.3) is 0 Å². The highest BCUT2D eigenvalue weighted by Gasteiger charge is 1.93. The lowest BCUT2D eigenvalue weighted by atomic mass is 10.0. The van der Waals surface area contributed by atoms with Crippen LogP contribution >= 0.6 is 0 Å². The van der Waals surface area contributed by atoms with Crippen molar-refractivity contribution in [1.29, 1.82) is 0 Å². The van der Waals surface area contributed by atoms with Gasteiger partial charge < -0.3 is 0 Å². The largest absolute Gasteiger partial charge is 0.0776 e. The van der Waals surface area contributed by atoms with Gasteiger partial charge in [-0.3, -0.25) is 0 Å². The molecule has 0 aliphatic carbocycles. The second-order valence-corrected chi connectivity index (χ2v) is 3.18. The molecule has 0 atom stereocenters. The number of aryl methyl sites for hydroxylation is 2. The van der Waals surface area contributed by atoms with Gasteiger partial charge in [-0.05, 0) is 24.0 Å². The summed E-state index contributed by atoms with van der Waals surface area (Å²) in [4.78, 5) is 0. The molecule has 1 aromatic rings. The van der Waals surface area contributed by atoms with Crippen LogP contribution in [0.2, 0.25) is 0 Å². The third-order valence-electron chi connectivity index (χ3n) is 1.88. The molecule has 15 heavy (non-hydrogen) atoms. The highest BCUT2D eigenvalue weighted by Crippen LogP contribution is 2.08. The first-order valence-electron chi connectivity index (χ1n) is 5.36. The molecule has 0 amide bonds. The monoisotopic (exact) mass is 210 g/mol. The van der Waals surface area contributed by atoms with Crippen molar-refractivity contribution in [2.24, 2.45) is 0 Å². The van der Waals surface area contributed by atoms with Gasteiger partial charge >= 0.3 is 0 Å². The molecule has 0 saturated carbocycles. The highest BCUT2D eigenvalue weighted by atomic mass is 14.0. The van der Waals surface area contributed by atoms with E-state index < -0.39 is 0 Å². The van der Waals surface area contributed by atoms with E-state index in [1.165, 1.54) is 17.5 Å². The van der Waals surface area contributed by atoms with Crippen LogP contribution in [0.4, 0.5) is 0 Å². The van der Waals surface area contributed by atoms with E-state index in [4.69, 9.17) is 0 Å². The fourth-order valence-corrected chi connectivity index (χ4v) is 1.25. The molecule has 0 fully saturated rings. The first-order chi connectivity index (χ1) is 6.29. The van der Waals surface area contributed by atoms with Gasteiger partial charge in [-0.15, -0.1) is 0 Å². The summed E-state index contributed by atoms with van der Waals surface area (Å²) in [5.74, 6) is 0. The average molecular weight is 210 g/mol.